The van der Waals surface area contributed by atoms with E-state index in [4.69, 9.17) is 19.7 Å². The van der Waals surface area contributed by atoms with E-state index < -0.39 is 47.7 Å². The van der Waals surface area contributed by atoms with Gasteiger partial charge in [-0.15, -0.1) is 0 Å². The number of hydrogen-bond donors (Lipinski definition) is 3. The summed E-state index contributed by atoms with van der Waals surface area (Å²) in [4.78, 5) is 44.3. The summed E-state index contributed by atoms with van der Waals surface area (Å²) in [5.74, 6) is -6.17. The number of nitrogens with one attached hydrogen (secondary N) is 1. The number of carbonyl (C=O) groups excluding carboxylic acids is 2. The van der Waals surface area contributed by atoms with E-state index in [9.17, 15) is 19.2 Å². The molecule has 0 aliphatic carbocycles. The fourth-order valence-corrected chi connectivity index (χ4v) is 1.35. The summed E-state index contributed by atoms with van der Waals surface area (Å²) in [6, 6.07) is -1.49. The first kappa shape index (κ1) is 15.5. The van der Waals surface area contributed by atoms with Crippen molar-refractivity contribution in [1.29, 1.82) is 0 Å². The molecule has 1 heterocycles. The molecule has 1 unspecified atom stereocenters. The van der Waals surface area contributed by atoms with Crippen LogP contribution in [0, 0.1) is 0 Å². The molecule has 1 atom stereocenters. The van der Waals surface area contributed by atoms with Crippen LogP contribution in [0.2, 0.25) is 0 Å². The van der Waals surface area contributed by atoms with Crippen LogP contribution in [0.4, 0.5) is 0 Å². The Morgan fingerprint density at radius 2 is 1.75 bits per heavy atom. The molecular weight excluding hydrogens is 274 g/mol. The zero-order chi connectivity index (χ0) is 15.5. The van der Waals surface area contributed by atoms with Gasteiger partial charge in [-0.25, -0.2) is 14.4 Å². The van der Waals surface area contributed by atoms with E-state index in [2.05, 4.69) is 5.32 Å². The van der Waals surface area contributed by atoms with E-state index in [1.165, 1.54) is 13.8 Å². The van der Waals surface area contributed by atoms with Gasteiger partial charge in [-0.05, 0) is 0 Å². The van der Waals surface area contributed by atoms with Crippen molar-refractivity contribution in [3.63, 3.8) is 0 Å². The number of carboxylic acid groups (broad SMARTS) is 2. The maximum Gasteiger partial charge on any atom is 0.350 e. The van der Waals surface area contributed by atoms with Gasteiger partial charge in [0.25, 0.3) is 5.79 Å². The largest absolute Gasteiger partial charge is 0.481 e. The van der Waals surface area contributed by atoms with E-state index in [0.717, 1.165) is 6.20 Å². The van der Waals surface area contributed by atoms with Crippen LogP contribution in [-0.4, -0.2) is 45.9 Å². The molecule has 0 amide bonds. The molecular formula is C11H13NO8. The van der Waals surface area contributed by atoms with Crippen LogP contribution in [0.25, 0.3) is 0 Å². The Balaban J connectivity index is 2.83. The molecule has 0 aromatic rings. The van der Waals surface area contributed by atoms with Crippen molar-refractivity contribution in [1.82, 2.24) is 5.32 Å². The monoisotopic (exact) mass is 287 g/mol. The van der Waals surface area contributed by atoms with Gasteiger partial charge in [0.1, 0.15) is 6.04 Å². The second-order valence-electron chi connectivity index (χ2n) is 4.39. The minimum Gasteiger partial charge on any atom is -0.481 e. The van der Waals surface area contributed by atoms with Gasteiger partial charge in [0.15, 0.2) is 5.57 Å². The highest BCUT2D eigenvalue weighted by molar-refractivity contribution is 6.15. The van der Waals surface area contributed by atoms with Gasteiger partial charge in [-0.3, -0.25) is 4.79 Å². The van der Waals surface area contributed by atoms with Gasteiger partial charge in [0.2, 0.25) is 0 Å². The quantitative estimate of drug-likeness (QED) is 0.337. The molecule has 1 aliphatic heterocycles. The third kappa shape index (κ3) is 3.97. The summed E-state index contributed by atoms with van der Waals surface area (Å²) in [5.41, 5.74) is -0.541. The summed E-state index contributed by atoms with van der Waals surface area (Å²) in [5, 5.41) is 19.5. The molecule has 1 rings (SSSR count). The highest BCUT2D eigenvalue weighted by Gasteiger charge is 2.39. The van der Waals surface area contributed by atoms with Crippen LogP contribution < -0.4 is 5.32 Å². The summed E-state index contributed by atoms with van der Waals surface area (Å²) in [6.45, 7) is 2.72. The van der Waals surface area contributed by atoms with Crippen LogP contribution >= 0.6 is 0 Å². The second-order valence-corrected chi connectivity index (χ2v) is 4.39. The topological polar surface area (TPSA) is 139 Å². The minimum atomic E-state index is -1.49. The molecule has 0 spiro atoms. The number of cyclic esters (lactones) is 2. The van der Waals surface area contributed by atoms with Crippen molar-refractivity contribution in [3.8, 4) is 0 Å². The third-order valence-corrected chi connectivity index (χ3v) is 2.22. The fourth-order valence-electron chi connectivity index (χ4n) is 1.35. The first-order valence-corrected chi connectivity index (χ1v) is 5.50. The van der Waals surface area contributed by atoms with Crippen molar-refractivity contribution in [3.05, 3.63) is 11.8 Å². The van der Waals surface area contributed by atoms with E-state index in [1.807, 2.05) is 0 Å². The highest BCUT2D eigenvalue weighted by Crippen LogP contribution is 2.22. The van der Waals surface area contributed by atoms with Crippen molar-refractivity contribution in [2.24, 2.45) is 0 Å². The third-order valence-electron chi connectivity index (χ3n) is 2.22. The van der Waals surface area contributed by atoms with Gasteiger partial charge >= 0.3 is 23.9 Å². The van der Waals surface area contributed by atoms with E-state index in [0.29, 0.717) is 0 Å². The molecule has 1 saturated heterocycles. The van der Waals surface area contributed by atoms with Crippen molar-refractivity contribution >= 4 is 23.9 Å². The van der Waals surface area contributed by atoms with Crippen LogP contribution in [0.3, 0.4) is 0 Å². The lowest BCUT2D eigenvalue weighted by molar-refractivity contribution is -0.222. The highest BCUT2D eigenvalue weighted by atomic mass is 16.7. The average Bonchev–Trinajstić information content (AvgIpc) is 2.23. The molecule has 1 fully saturated rings. The predicted molar refractivity (Wildman–Crippen MR) is 61.2 cm³/mol. The van der Waals surface area contributed by atoms with Gasteiger partial charge < -0.3 is 25.0 Å². The van der Waals surface area contributed by atoms with Gasteiger partial charge in [0, 0.05) is 20.0 Å². The van der Waals surface area contributed by atoms with Crippen LogP contribution in [0.5, 0.6) is 0 Å². The summed E-state index contributed by atoms with van der Waals surface area (Å²) >= 11 is 0. The van der Waals surface area contributed by atoms with Crippen molar-refractivity contribution in [2.45, 2.75) is 32.1 Å². The van der Waals surface area contributed by atoms with Crippen LogP contribution in [0.1, 0.15) is 20.3 Å². The number of esters is 2. The lowest BCUT2D eigenvalue weighted by atomic mass is 10.2. The lowest BCUT2D eigenvalue weighted by Gasteiger charge is -2.29. The number of rotatable bonds is 5. The van der Waals surface area contributed by atoms with Crippen LogP contribution in [-0.2, 0) is 28.7 Å². The molecule has 0 saturated carbocycles. The van der Waals surface area contributed by atoms with Gasteiger partial charge in [-0.2, -0.15) is 0 Å². The Morgan fingerprint density at radius 3 is 2.15 bits per heavy atom. The number of carboxylic acids is 2. The van der Waals surface area contributed by atoms with E-state index in [-0.39, 0.29) is 0 Å². The molecule has 0 aromatic carbocycles. The molecule has 0 bridgehead atoms. The second kappa shape index (κ2) is 5.59. The Bertz CT molecular complexity index is 471. The summed E-state index contributed by atoms with van der Waals surface area (Å²) in [7, 11) is 0. The number of carbonyl (C=O) groups is 4. The standard InChI is InChI=1S/C11H13NO8/c1-11(2)19-9(17)5(10(18)20-11)4-12-6(8(15)16)3-7(13)14/h4,6,12H,3H2,1-2H3,(H,13,14)(H,15,16). The first-order valence-electron chi connectivity index (χ1n) is 5.50. The summed E-state index contributed by atoms with van der Waals surface area (Å²) in [6.07, 6.45) is 0.0519. The smallest absolute Gasteiger partial charge is 0.350 e. The van der Waals surface area contributed by atoms with E-state index in [1.54, 1.807) is 0 Å². The first-order chi connectivity index (χ1) is 9.12. The summed E-state index contributed by atoms with van der Waals surface area (Å²) < 4.78 is 9.55. The number of aliphatic carboxylic acids is 2. The molecule has 1 aliphatic rings. The maximum atomic E-state index is 11.5. The molecule has 0 radical (unpaired) electrons. The minimum absolute atomic E-state index is 0.541. The Kier molecular flexibility index (Phi) is 4.33. The Hall–Kier alpha value is -2.58. The maximum absolute atomic E-state index is 11.5. The van der Waals surface area contributed by atoms with E-state index >= 15 is 0 Å². The molecule has 3 N–H and O–H groups in total. The normalized spacial score (nSPS) is 18.6. The molecule has 9 heteroatoms. The Labute approximate surface area is 113 Å². The number of hydrogen-bond acceptors (Lipinski definition) is 7. The fraction of sp³-hybridized carbons (Fsp3) is 0.455. The molecule has 9 nitrogen and oxygen atoms in total. The zero-order valence-electron chi connectivity index (χ0n) is 10.7. The molecule has 110 valence electrons. The van der Waals surface area contributed by atoms with Crippen LogP contribution in [0.15, 0.2) is 11.8 Å². The predicted octanol–water partition coefficient (Wildman–Crippen LogP) is -0.776. The zero-order valence-corrected chi connectivity index (χ0v) is 10.7. The molecule has 20 heavy (non-hydrogen) atoms. The molecule has 0 aromatic heterocycles. The van der Waals surface area contributed by atoms with Gasteiger partial charge in [-0.1, -0.05) is 0 Å². The Morgan fingerprint density at radius 1 is 1.25 bits per heavy atom. The van der Waals surface area contributed by atoms with Crippen molar-refractivity contribution < 1.29 is 38.9 Å². The van der Waals surface area contributed by atoms with Crippen molar-refractivity contribution in [2.75, 3.05) is 0 Å². The SMILES string of the molecule is CC1(C)OC(=O)C(=CNC(CC(=O)O)C(=O)O)C(=O)O1. The van der Waals surface area contributed by atoms with Gasteiger partial charge in [0.05, 0.1) is 6.42 Å². The average molecular weight is 287 g/mol. The number of ether oxygens (including phenoxy) is 2. The lowest BCUT2D eigenvalue weighted by Crippen LogP contribution is -2.43.